The SMILES string of the molecule is CCc1noc(C)c1CN1CCC(C)(CN)C1. The van der Waals surface area contributed by atoms with Gasteiger partial charge in [-0.3, -0.25) is 4.90 Å². The summed E-state index contributed by atoms with van der Waals surface area (Å²) >= 11 is 0. The van der Waals surface area contributed by atoms with Crippen LogP contribution in [-0.2, 0) is 13.0 Å². The summed E-state index contributed by atoms with van der Waals surface area (Å²) in [6, 6.07) is 0. The predicted molar refractivity (Wildman–Crippen MR) is 67.7 cm³/mol. The molecule has 4 heteroatoms. The Morgan fingerprint density at radius 1 is 1.53 bits per heavy atom. The van der Waals surface area contributed by atoms with Crippen LogP contribution in [0.3, 0.4) is 0 Å². The highest BCUT2D eigenvalue weighted by atomic mass is 16.5. The van der Waals surface area contributed by atoms with E-state index in [0.29, 0.717) is 0 Å². The summed E-state index contributed by atoms with van der Waals surface area (Å²) < 4.78 is 5.27. The van der Waals surface area contributed by atoms with Gasteiger partial charge in [0.1, 0.15) is 5.76 Å². The molecular formula is C13H23N3O. The van der Waals surface area contributed by atoms with Crippen LogP contribution < -0.4 is 5.73 Å². The van der Waals surface area contributed by atoms with Crippen molar-refractivity contribution in [2.24, 2.45) is 11.1 Å². The first-order valence-electron chi connectivity index (χ1n) is 6.44. The molecule has 1 atom stereocenters. The zero-order chi connectivity index (χ0) is 12.5. The average molecular weight is 237 g/mol. The van der Waals surface area contributed by atoms with E-state index in [1.807, 2.05) is 6.92 Å². The molecule has 0 bridgehead atoms. The Hall–Kier alpha value is -0.870. The van der Waals surface area contributed by atoms with Crippen molar-refractivity contribution in [2.75, 3.05) is 19.6 Å². The number of hydrogen-bond acceptors (Lipinski definition) is 4. The molecule has 1 unspecified atom stereocenters. The van der Waals surface area contributed by atoms with Gasteiger partial charge in [0.25, 0.3) is 0 Å². The molecule has 0 radical (unpaired) electrons. The van der Waals surface area contributed by atoms with Gasteiger partial charge in [-0.05, 0) is 38.3 Å². The quantitative estimate of drug-likeness (QED) is 0.866. The number of hydrogen-bond donors (Lipinski definition) is 1. The molecule has 0 aliphatic carbocycles. The van der Waals surface area contributed by atoms with Crippen molar-refractivity contribution in [3.63, 3.8) is 0 Å². The highest BCUT2D eigenvalue weighted by molar-refractivity contribution is 5.22. The number of likely N-dealkylation sites (tertiary alicyclic amines) is 1. The van der Waals surface area contributed by atoms with Gasteiger partial charge < -0.3 is 10.3 Å². The second kappa shape index (κ2) is 4.78. The molecule has 96 valence electrons. The van der Waals surface area contributed by atoms with Gasteiger partial charge in [-0.25, -0.2) is 0 Å². The molecule has 0 spiro atoms. The highest BCUT2D eigenvalue weighted by Gasteiger charge is 2.33. The molecule has 1 aromatic rings. The molecule has 2 heterocycles. The molecule has 1 aliphatic rings. The zero-order valence-electron chi connectivity index (χ0n) is 11.1. The van der Waals surface area contributed by atoms with Crippen molar-refractivity contribution in [1.82, 2.24) is 10.1 Å². The lowest BCUT2D eigenvalue weighted by atomic mass is 9.90. The number of aromatic nitrogens is 1. The van der Waals surface area contributed by atoms with E-state index in [1.165, 1.54) is 12.0 Å². The van der Waals surface area contributed by atoms with Crippen LogP contribution in [-0.4, -0.2) is 29.7 Å². The summed E-state index contributed by atoms with van der Waals surface area (Å²) in [6.07, 6.45) is 2.13. The monoisotopic (exact) mass is 237 g/mol. The fraction of sp³-hybridized carbons (Fsp3) is 0.769. The highest BCUT2D eigenvalue weighted by Crippen LogP contribution is 2.30. The molecule has 1 aliphatic heterocycles. The van der Waals surface area contributed by atoms with E-state index < -0.39 is 0 Å². The van der Waals surface area contributed by atoms with Crippen LogP contribution in [0.4, 0.5) is 0 Å². The van der Waals surface area contributed by atoms with Crippen LogP contribution in [0.25, 0.3) is 0 Å². The lowest BCUT2D eigenvalue weighted by Gasteiger charge is -2.22. The standard InChI is InChI=1S/C13H23N3O/c1-4-12-11(10(2)17-15-12)7-16-6-5-13(3,8-14)9-16/h4-9,14H2,1-3H3. The minimum atomic E-state index is 0.289. The Morgan fingerprint density at radius 2 is 2.29 bits per heavy atom. The van der Waals surface area contributed by atoms with E-state index in [1.54, 1.807) is 0 Å². The Labute approximate surface area is 103 Å². The molecule has 0 amide bonds. The van der Waals surface area contributed by atoms with E-state index in [4.69, 9.17) is 10.3 Å². The fourth-order valence-corrected chi connectivity index (χ4v) is 2.57. The summed E-state index contributed by atoms with van der Waals surface area (Å²) in [5.74, 6) is 0.961. The van der Waals surface area contributed by atoms with Gasteiger partial charge in [-0.15, -0.1) is 0 Å². The summed E-state index contributed by atoms with van der Waals surface area (Å²) in [7, 11) is 0. The molecule has 2 rings (SSSR count). The van der Waals surface area contributed by atoms with E-state index in [-0.39, 0.29) is 5.41 Å². The molecule has 1 aromatic heterocycles. The third-order valence-corrected chi connectivity index (χ3v) is 3.91. The van der Waals surface area contributed by atoms with Crippen LogP contribution >= 0.6 is 0 Å². The third-order valence-electron chi connectivity index (χ3n) is 3.91. The molecule has 0 aromatic carbocycles. The second-order valence-electron chi connectivity index (χ2n) is 5.49. The summed E-state index contributed by atoms with van der Waals surface area (Å²) in [5.41, 5.74) is 8.49. The van der Waals surface area contributed by atoms with Gasteiger partial charge in [-0.1, -0.05) is 19.0 Å². The smallest absolute Gasteiger partial charge is 0.138 e. The number of nitrogens with two attached hydrogens (primary N) is 1. The van der Waals surface area contributed by atoms with E-state index >= 15 is 0 Å². The Morgan fingerprint density at radius 3 is 2.88 bits per heavy atom. The fourth-order valence-electron chi connectivity index (χ4n) is 2.57. The maximum absolute atomic E-state index is 5.83. The summed E-state index contributed by atoms with van der Waals surface area (Å²) in [5, 5.41) is 4.11. The van der Waals surface area contributed by atoms with Gasteiger partial charge in [0.05, 0.1) is 5.69 Å². The van der Waals surface area contributed by atoms with E-state index in [0.717, 1.165) is 44.1 Å². The average Bonchev–Trinajstić information content (AvgIpc) is 2.86. The lowest BCUT2D eigenvalue weighted by Crippen LogP contribution is -2.31. The number of aryl methyl sites for hydroxylation is 2. The van der Waals surface area contributed by atoms with Gasteiger partial charge >= 0.3 is 0 Å². The van der Waals surface area contributed by atoms with Crippen molar-refractivity contribution in [3.8, 4) is 0 Å². The summed E-state index contributed by atoms with van der Waals surface area (Å²) in [4.78, 5) is 2.46. The first-order chi connectivity index (χ1) is 8.08. The van der Waals surface area contributed by atoms with E-state index in [2.05, 4.69) is 23.9 Å². The minimum absolute atomic E-state index is 0.289. The van der Waals surface area contributed by atoms with Crippen molar-refractivity contribution in [2.45, 2.75) is 40.2 Å². The van der Waals surface area contributed by atoms with Crippen LogP contribution in [0.5, 0.6) is 0 Å². The first kappa shape index (κ1) is 12.6. The van der Waals surface area contributed by atoms with Crippen molar-refractivity contribution in [1.29, 1.82) is 0 Å². The third kappa shape index (κ3) is 2.53. The second-order valence-corrected chi connectivity index (χ2v) is 5.49. The van der Waals surface area contributed by atoms with Gasteiger partial charge in [0.15, 0.2) is 0 Å². The number of nitrogens with zero attached hydrogens (tertiary/aromatic N) is 2. The van der Waals surface area contributed by atoms with Crippen LogP contribution in [0, 0.1) is 12.3 Å². The molecule has 1 fully saturated rings. The minimum Gasteiger partial charge on any atom is -0.361 e. The van der Waals surface area contributed by atoms with Gasteiger partial charge in [0, 0.05) is 18.7 Å². The van der Waals surface area contributed by atoms with Crippen LogP contribution in [0.15, 0.2) is 4.52 Å². The van der Waals surface area contributed by atoms with E-state index in [9.17, 15) is 0 Å². The Kier molecular flexibility index (Phi) is 3.54. The van der Waals surface area contributed by atoms with Crippen LogP contribution in [0.1, 0.15) is 37.3 Å². The molecule has 4 nitrogen and oxygen atoms in total. The predicted octanol–water partition coefficient (Wildman–Crippen LogP) is 1.72. The maximum atomic E-state index is 5.83. The normalized spacial score (nSPS) is 25.6. The molecular weight excluding hydrogens is 214 g/mol. The zero-order valence-corrected chi connectivity index (χ0v) is 11.1. The Bertz CT molecular complexity index is 388. The summed E-state index contributed by atoms with van der Waals surface area (Å²) in [6.45, 7) is 10.3. The van der Waals surface area contributed by atoms with Gasteiger partial charge in [-0.2, -0.15) is 0 Å². The first-order valence-corrected chi connectivity index (χ1v) is 6.44. The largest absolute Gasteiger partial charge is 0.361 e. The van der Waals surface area contributed by atoms with Crippen molar-refractivity contribution >= 4 is 0 Å². The molecule has 0 saturated carbocycles. The molecule has 1 saturated heterocycles. The Balaban J connectivity index is 2.05. The van der Waals surface area contributed by atoms with Gasteiger partial charge in [0.2, 0.25) is 0 Å². The molecule has 2 N–H and O–H groups in total. The maximum Gasteiger partial charge on any atom is 0.138 e. The van der Waals surface area contributed by atoms with Crippen LogP contribution in [0.2, 0.25) is 0 Å². The topological polar surface area (TPSA) is 55.3 Å². The number of rotatable bonds is 4. The lowest BCUT2D eigenvalue weighted by molar-refractivity contribution is 0.272. The van der Waals surface area contributed by atoms with Crippen molar-refractivity contribution in [3.05, 3.63) is 17.0 Å². The molecule has 17 heavy (non-hydrogen) atoms. The van der Waals surface area contributed by atoms with Crippen molar-refractivity contribution < 1.29 is 4.52 Å².